The number of thioether (sulfide) groups is 1. The molecule has 2 heterocycles. The van der Waals surface area contributed by atoms with Gasteiger partial charge in [0.2, 0.25) is 5.91 Å². The number of esters is 1. The van der Waals surface area contributed by atoms with Crippen LogP contribution >= 0.6 is 23.1 Å². The maximum absolute atomic E-state index is 13.0. The SMILES string of the molecule is CC=C1NC(=O)c2csc(n2)CNC(=O)CC(C=CCCSC(C)=O)OC(=O)C(C(C)C)NC1=O. The lowest BCUT2D eigenvalue weighted by atomic mass is 10.0. The molecule has 3 N–H and O–H groups in total. The predicted molar refractivity (Wildman–Crippen MR) is 133 cm³/mol. The van der Waals surface area contributed by atoms with Gasteiger partial charge in [-0.05, 0) is 25.3 Å². The average molecular weight is 523 g/mol. The number of nitrogens with one attached hydrogen (secondary N) is 3. The van der Waals surface area contributed by atoms with Gasteiger partial charge in [-0.25, -0.2) is 9.78 Å². The Labute approximate surface area is 212 Å². The van der Waals surface area contributed by atoms with Gasteiger partial charge in [0, 0.05) is 18.1 Å². The first-order valence-corrected chi connectivity index (χ1v) is 13.0. The van der Waals surface area contributed by atoms with Crippen molar-refractivity contribution in [1.82, 2.24) is 20.9 Å². The molecule has 0 aliphatic carbocycles. The first-order chi connectivity index (χ1) is 16.6. The normalized spacial score (nSPS) is 21.6. The monoisotopic (exact) mass is 522 g/mol. The molecule has 0 spiro atoms. The van der Waals surface area contributed by atoms with E-state index in [2.05, 4.69) is 20.9 Å². The number of aromatic nitrogens is 1. The summed E-state index contributed by atoms with van der Waals surface area (Å²) in [6.45, 7) is 6.65. The van der Waals surface area contributed by atoms with E-state index in [0.717, 1.165) is 0 Å². The maximum atomic E-state index is 13.0. The quantitative estimate of drug-likeness (QED) is 0.231. The van der Waals surface area contributed by atoms with Gasteiger partial charge in [-0.3, -0.25) is 19.2 Å². The highest BCUT2D eigenvalue weighted by Gasteiger charge is 2.30. The van der Waals surface area contributed by atoms with E-state index in [9.17, 15) is 24.0 Å². The van der Waals surface area contributed by atoms with Crippen molar-refractivity contribution in [3.8, 4) is 0 Å². The topological polar surface area (TPSA) is 144 Å². The number of hydrogen-bond donors (Lipinski definition) is 3. The Kier molecular flexibility index (Phi) is 11.1. The second kappa shape index (κ2) is 13.8. The van der Waals surface area contributed by atoms with Crippen molar-refractivity contribution in [3.63, 3.8) is 0 Å². The first kappa shape index (κ1) is 28.2. The van der Waals surface area contributed by atoms with Crippen LogP contribution < -0.4 is 16.0 Å². The smallest absolute Gasteiger partial charge is 0.329 e. The highest BCUT2D eigenvalue weighted by molar-refractivity contribution is 8.13. The van der Waals surface area contributed by atoms with E-state index in [0.29, 0.717) is 17.2 Å². The minimum Gasteiger partial charge on any atom is -0.456 e. The molecular weight excluding hydrogens is 492 g/mol. The molecule has 0 radical (unpaired) electrons. The number of nitrogens with zero attached hydrogens (tertiary/aromatic N) is 1. The summed E-state index contributed by atoms with van der Waals surface area (Å²) in [6, 6.07) is -1.01. The molecule has 1 aromatic rings. The van der Waals surface area contributed by atoms with Crippen LogP contribution in [0.3, 0.4) is 0 Å². The third-order valence-corrected chi connectivity index (χ3v) is 6.50. The lowest BCUT2D eigenvalue weighted by molar-refractivity contribution is -0.153. The predicted octanol–water partition coefficient (Wildman–Crippen LogP) is 2.08. The standard InChI is InChI=1S/C23H30N4O6S2/c1-5-16-21(30)27-20(13(2)3)23(32)33-15(8-6-7-9-34-14(4)28)10-18(29)24-11-19-25-17(12-35-19)22(31)26-16/h5-6,8,12-13,15,20H,7,9-11H2,1-4H3,(H,24,29)(H,26,31)(H,27,30). The van der Waals surface area contributed by atoms with Crippen molar-refractivity contribution in [3.05, 3.63) is 40.0 Å². The molecule has 2 unspecified atom stereocenters. The number of hydrogen-bond acceptors (Lipinski definition) is 9. The Hall–Kier alpha value is -2.99. The fraction of sp³-hybridized carbons (Fsp3) is 0.478. The molecule has 2 atom stereocenters. The zero-order chi connectivity index (χ0) is 26.0. The largest absolute Gasteiger partial charge is 0.456 e. The number of fused-ring (bicyclic) bond motifs is 2. The van der Waals surface area contributed by atoms with Crippen molar-refractivity contribution in [1.29, 1.82) is 0 Å². The number of cyclic esters (lactones) is 1. The molecule has 12 heteroatoms. The van der Waals surface area contributed by atoms with E-state index in [1.807, 2.05) is 0 Å². The molecule has 1 aliphatic rings. The van der Waals surface area contributed by atoms with E-state index < -0.39 is 29.9 Å². The zero-order valence-electron chi connectivity index (χ0n) is 20.1. The van der Waals surface area contributed by atoms with Crippen molar-refractivity contribution >= 4 is 51.9 Å². The van der Waals surface area contributed by atoms with Crippen LogP contribution in [0.4, 0.5) is 0 Å². The summed E-state index contributed by atoms with van der Waals surface area (Å²) in [6.07, 6.45) is 4.33. The van der Waals surface area contributed by atoms with Gasteiger partial charge in [0.1, 0.15) is 28.5 Å². The van der Waals surface area contributed by atoms with Crippen LogP contribution in [0.25, 0.3) is 0 Å². The number of allylic oxidation sites excluding steroid dienone is 2. The number of carbonyl (C=O) groups is 5. The van der Waals surface area contributed by atoms with E-state index in [4.69, 9.17) is 4.74 Å². The molecule has 10 nitrogen and oxygen atoms in total. The molecular formula is C23H30N4O6S2. The Bertz CT molecular complexity index is 1020. The molecule has 0 saturated carbocycles. The van der Waals surface area contributed by atoms with Crippen LogP contribution in [0.5, 0.6) is 0 Å². The van der Waals surface area contributed by atoms with Gasteiger partial charge >= 0.3 is 5.97 Å². The highest BCUT2D eigenvalue weighted by atomic mass is 32.2. The summed E-state index contributed by atoms with van der Waals surface area (Å²) in [7, 11) is 0. The summed E-state index contributed by atoms with van der Waals surface area (Å²) >= 11 is 2.38. The number of rotatable bonds is 5. The number of carbonyl (C=O) groups excluding carboxylic acids is 5. The Morgan fingerprint density at radius 2 is 2.03 bits per heavy atom. The van der Waals surface area contributed by atoms with Gasteiger partial charge in [0.05, 0.1) is 13.0 Å². The number of amides is 3. The van der Waals surface area contributed by atoms with Gasteiger partial charge in [-0.15, -0.1) is 11.3 Å². The van der Waals surface area contributed by atoms with Crippen molar-refractivity contribution in [2.75, 3.05) is 5.75 Å². The zero-order valence-corrected chi connectivity index (χ0v) is 21.7. The summed E-state index contributed by atoms with van der Waals surface area (Å²) in [5.74, 6) is -2.07. The molecule has 3 amide bonds. The molecule has 35 heavy (non-hydrogen) atoms. The third kappa shape index (κ3) is 9.29. The second-order valence-corrected chi connectivity index (χ2v) is 10.2. The van der Waals surface area contributed by atoms with E-state index in [1.54, 1.807) is 32.9 Å². The molecule has 1 aliphatic heterocycles. The maximum Gasteiger partial charge on any atom is 0.329 e. The Morgan fingerprint density at radius 3 is 2.69 bits per heavy atom. The summed E-state index contributed by atoms with van der Waals surface area (Å²) in [5, 5.41) is 9.89. The van der Waals surface area contributed by atoms with Crippen molar-refractivity contribution in [2.24, 2.45) is 5.92 Å². The van der Waals surface area contributed by atoms with E-state index in [-0.39, 0.29) is 41.3 Å². The van der Waals surface area contributed by atoms with Crippen LogP contribution in [-0.2, 0) is 30.5 Å². The van der Waals surface area contributed by atoms with Gasteiger partial charge in [-0.1, -0.05) is 37.8 Å². The molecule has 1 aromatic heterocycles. The van der Waals surface area contributed by atoms with Crippen LogP contribution in [0, 0.1) is 5.92 Å². The van der Waals surface area contributed by atoms with E-state index in [1.165, 1.54) is 41.5 Å². The molecule has 2 rings (SSSR count). The Balaban J connectivity index is 2.29. The van der Waals surface area contributed by atoms with Gasteiger partial charge in [0.25, 0.3) is 11.8 Å². The summed E-state index contributed by atoms with van der Waals surface area (Å²) in [4.78, 5) is 66.1. The first-order valence-electron chi connectivity index (χ1n) is 11.1. The van der Waals surface area contributed by atoms with Crippen LogP contribution in [0.15, 0.2) is 29.3 Å². The number of ether oxygens (including phenoxy) is 1. The average Bonchev–Trinajstić information content (AvgIpc) is 3.27. The lowest BCUT2D eigenvalue weighted by Gasteiger charge is -2.24. The Morgan fingerprint density at radius 1 is 1.29 bits per heavy atom. The molecule has 0 fully saturated rings. The van der Waals surface area contributed by atoms with Gasteiger partial charge < -0.3 is 20.7 Å². The van der Waals surface area contributed by atoms with Crippen LogP contribution in [0.1, 0.15) is 56.0 Å². The van der Waals surface area contributed by atoms with Crippen molar-refractivity contribution in [2.45, 2.75) is 59.2 Å². The van der Waals surface area contributed by atoms with Gasteiger partial charge in [0.15, 0.2) is 5.12 Å². The molecule has 2 bridgehead atoms. The van der Waals surface area contributed by atoms with Gasteiger partial charge in [-0.2, -0.15) is 0 Å². The van der Waals surface area contributed by atoms with E-state index >= 15 is 0 Å². The summed E-state index contributed by atoms with van der Waals surface area (Å²) < 4.78 is 5.60. The minimum atomic E-state index is -1.01. The highest BCUT2D eigenvalue weighted by Crippen LogP contribution is 2.14. The number of thiazole rings is 1. The summed E-state index contributed by atoms with van der Waals surface area (Å²) in [5.41, 5.74) is 0.0883. The fourth-order valence-electron chi connectivity index (χ4n) is 2.98. The third-order valence-electron chi connectivity index (χ3n) is 4.80. The molecule has 0 aromatic carbocycles. The molecule has 0 saturated heterocycles. The van der Waals surface area contributed by atoms with Crippen LogP contribution in [0.2, 0.25) is 0 Å². The molecule has 190 valence electrons. The fourth-order valence-corrected chi connectivity index (χ4v) is 4.23. The lowest BCUT2D eigenvalue weighted by Crippen LogP contribution is -2.48. The second-order valence-electron chi connectivity index (χ2n) is 7.99. The van der Waals surface area contributed by atoms with Crippen molar-refractivity contribution < 1.29 is 28.7 Å². The minimum absolute atomic E-state index is 0.00598. The van der Waals surface area contributed by atoms with Crippen LogP contribution in [-0.4, -0.2) is 51.7 Å².